The number of fused-ring (bicyclic) bond motifs is 1. The third kappa shape index (κ3) is 1.52. The number of aromatic nitrogens is 1. The molecule has 0 amide bonds. The van der Waals surface area contributed by atoms with Gasteiger partial charge >= 0.3 is 86.8 Å². The fraction of sp³-hybridized carbons (Fsp3) is 0. The van der Waals surface area contributed by atoms with Gasteiger partial charge in [-0.05, 0) is 0 Å². The number of carboxylic acid groups (broad SMARTS) is 1. The fourth-order valence-corrected chi connectivity index (χ4v) is 2.60. The molecule has 0 radical (unpaired) electrons. The van der Waals surface area contributed by atoms with Crippen molar-refractivity contribution in [2.75, 3.05) is 0 Å². The molecule has 0 bridgehead atoms. The Bertz CT molecular complexity index is 378. The smallest absolute Gasteiger partial charge is 1.00 e. The quantitative estimate of drug-likeness (QED) is 0.509. The standard InChI is InChI=1S/C7H5NO2Se.Li/c9-7(10)5-3-4-1-2-11-6(4)8-5;/h1-3,8H,(H,9,10);/q;+1/p-1. The first-order valence-electron chi connectivity index (χ1n) is 3.05. The zero-order chi connectivity index (χ0) is 7.84. The van der Waals surface area contributed by atoms with Crippen molar-refractivity contribution in [2.45, 2.75) is 0 Å². The molecular formula is C7H4LiNO2Se. The maximum Gasteiger partial charge on any atom is 1.00 e. The van der Waals surface area contributed by atoms with Crippen LogP contribution in [0.2, 0.25) is 0 Å². The van der Waals surface area contributed by atoms with E-state index >= 15 is 0 Å². The number of aromatic carboxylic acids is 1. The molecule has 0 saturated carbocycles. The zero-order valence-corrected chi connectivity index (χ0v) is 8.17. The van der Waals surface area contributed by atoms with Gasteiger partial charge in [0.25, 0.3) is 0 Å². The molecule has 2 aromatic heterocycles. The molecule has 5 heteroatoms. The topological polar surface area (TPSA) is 55.9 Å². The molecule has 0 aliphatic carbocycles. The minimum atomic E-state index is -1.14. The van der Waals surface area contributed by atoms with Crippen LogP contribution in [0, 0.1) is 0 Å². The van der Waals surface area contributed by atoms with Gasteiger partial charge in [0.05, 0.1) is 0 Å². The number of carbonyl (C=O) groups is 1. The minimum absolute atomic E-state index is 0. The van der Waals surface area contributed by atoms with Gasteiger partial charge in [-0.25, -0.2) is 0 Å². The second-order valence-corrected chi connectivity index (χ2v) is 4.10. The van der Waals surface area contributed by atoms with E-state index in [1.54, 1.807) is 6.07 Å². The van der Waals surface area contributed by atoms with Crippen LogP contribution in [0.5, 0.6) is 0 Å². The zero-order valence-electron chi connectivity index (χ0n) is 6.46. The van der Waals surface area contributed by atoms with Gasteiger partial charge in [0.15, 0.2) is 0 Å². The van der Waals surface area contributed by atoms with E-state index in [0.29, 0.717) is 0 Å². The largest absolute Gasteiger partial charge is 1.00 e. The van der Waals surface area contributed by atoms with Crippen molar-refractivity contribution in [3.63, 3.8) is 0 Å². The molecule has 2 aromatic rings. The summed E-state index contributed by atoms with van der Waals surface area (Å²) in [5.41, 5.74) is 0.182. The molecule has 56 valence electrons. The molecule has 0 aromatic carbocycles. The molecule has 2 rings (SSSR count). The van der Waals surface area contributed by atoms with Crippen LogP contribution >= 0.6 is 0 Å². The summed E-state index contributed by atoms with van der Waals surface area (Å²) in [6.45, 7) is 0. The normalized spacial score (nSPS) is 9.67. The van der Waals surface area contributed by atoms with Gasteiger partial charge in [0.1, 0.15) is 0 Å². The Labute approximate surface area is 86.7 Å². The van der Waals surface area contributed by atoms with E-state index in [-0.39, 0.29) is 39.1 Å². The Morgan fingerprint density at radius 3 is 2.92 bits per heavy atom. The molecule has 0 aliphatic heterocycles. The molecule has 2 heterocycles. The molecule has 0 atom stereocenters. The first-order valence-corrected chi connectivity index (χ1v) is 4.89. The Balaban J connectivity index is 0.000000720. The Morgan fingerprint density at radius 1 is 1.58 bits per heavy atom. The van der Waals surface area contributed by atoms with Crippen LogP contribution in [0.3, 0.4) is 0 Å². The van der Waals surface area contributed by atoms with Crippen LogP contribution in [0.1, 0.15) is 10.5 Å². The van der Waals surface area contributed by atoms with Crippen molar-refractivity contribution in [2.24, 2.45) is 0 Å². The predicted octanol–water partition coefficient (Wildman–Crippen LogP) is -3.41. The van der Waals surface area contributed by atoms with E-state index in [2.05, 4.69) is 4.98 Å². The van der Waals surface area contributed by atoms with E-state index in [1.165, 1.54) is 0 Å². The summed E-state index contributed by atoms with van der Waals surface area (Å²) in [5.74, 6) is -1.14. The number of aromatic amines is 1. The van der Waals surface area contributed by atoms with E-state index < -0.39 is 5.97 Å². The Morgan fingerprint density at radius 2 is 2.33 bits per heavy atom. The maximum atomic E-state index is 10.3. The second kappa shape index (κ2) is 3.55. The number of rotatable bonds is 1. The summed E-state index contributed by atoms with van der Waals surface area (Å²) < 4.78 is 1.02. The monoisotopic (exact) mass is 221 g/mol. The van der Waals surface area contributed by atoms with E-state index in [0.717, 1.165) is 9.78 Å². The van der Waals surface area contributed by atoms with Crippen molar-refractivity contribution >= 4 is 30.2 Å². The van der Waals surface area contributed by atoms with Gasteiger partial charge < -0.3 is 0 Å². The summed E-state index contributed by atoms with van der Waals surface area (Å²) in [6, 6.07) is 3.54. The van der Waals surface area contributed by atoms with Crippen molar-refractivity contribution < 1.29 is 28.8 Å². The fourth-order valence-electron chi connectivity index (χ4n) is 0.958. The number of hydrogen-bond donors (Lipinski definition) is 1. The van der Waals surface area contributed by atoms with Gasteiger partial charge in [0.2, 0.25) is 0 Å². The van der Waals surface area contributed by atoms with Gasteiger partial charge in [0, 0.05) is 0 Å². The maximum absolute atomic E-state index is 10.3. The van der Waals surface area contributed by atoms with E-state index in [1.807, 2.05) is 11.0 Å². The van der Waals surface area contributed by atoms with Crippen LogP contribution in [0.4, 0.5) is 0 Å². The molecule has 0 saturated heterocycles. The average Bonchev–Trinajstić information content (AvgIpc) is 2.40. The van der Waals surface area contributed by atoms with E-state index in [9.17, 15) is 9.90 Å². The van der Waals surface area contributed by atoms with Crippen molar-refractivity contribution in [1.82, 2.24) is 4.98 Å². The van der Waals surface area contributed by atoms with Gasteiger partial charge in [-0.3, -0.25) is 0 Å². The molecule has 0 aliphatic rings. The summed E-state index contributed by atoms with van der Waals surface area (Å²) >= 11 is 0.281. The van der Waals surface area contributed by atoms with Crippen LogP contribution < -0.4 is 24.0 Å². The Hall–Kier alpha value is -0.393. The minimum Gasteiger partial charge on any atom is 1.00 e. The molecule has 12 heavy (non-hydrogen) atoms. The molecule has 0 unspecified atom stereocenters. The summed E-state index contributed by atoms with van der Waals surface area (Å²) in [6.07, 6.45) is 0. The number of hydrogen-bond acceptors (Lipinski definition) is 2. The van der Waals surface area contributed by atoms with Crippen LogP contribution in [-0.4, -0.2) is 25.5 Å². The number of carbonyl (C=O) groups excluding carboxylic acids is 1. The van der Waals surface area contributed by atoms with Crippen LogP contribution in [0.25, 0.3) is 9.78 Å². The number of nitrogens with one attached hydrogen (secondary N) is 1. The first kappa shape index (κ1) is 9.69. The van der Waals surface area contributed by atoms with Gasteiger partial charge in [-0.2, -0.15) is 0 Å². The number of carboxylic acids is 1. The molecule has 0 fully saturated rings. The third-order valence-corrected chi connectivity index (χ3v) is 3.24. The predicted molar refractivity (Wildman–Crippen MR) is 39.6 cm³/mol. The van der Waals surface area contributed by atoms with Gasteiger partial charge in [-0.15, -0.1) is 0 Å². The SMILES string of the molecule is O=C([O-])c1cc2cc[se]c2[nH]1.[Li+]. The second-order valence-electron chi connectivity index (χ2n) is 2.18. The van der Waals surface area contributed by atoms with Crippen LogP contribution in [-0.2, 0) is 0 Å². The summed E-state index contributed by atoms with van der Waals surface area (Å²) in [7, 11) is 0. The first-order chi connectivity index (χ1) is 5.27. The van der Waals surface area contributed by atoms with E-state index in [4.69, 9.17) is 0 Å². The van der Waals surface area contributed by atoms with Crippen molar-refractivity contribution in [3.05, 3.63) is 22.8 Å². The molecular weight excluding hydrogens is 216 g/mol. The average molecular weight is 220 g/mol. The van der Waals surface area contributed by atoms with Crippen molar-refractivity contribution in [1.29, 1.82) is 0 Å². The van der Waals surface area contributed by atoms with Crippen LogP contribution in [0.15, 0.2) is 17.1 Å². The summed E-state index contributed by atoms with van der Waals surface area (Å²) in [5, 5.41) is 11.3. The summed E-state index contributed by atoms with van der Waals surface area (Å²) in [4.78, 5) is 15.2. The third-order valence-electron chi connectivity index (χ3n) is 1.46. The molecule has 3 nitrogen and oxygen atoms in total. The Kier molecular flexibility index (Phi) is 2.87. The number of H-pyrrole nitrogens is 1. The van der Waals surface area contributed by atoms with Crippen molar-refractivity contribution in [3.8, 4) is 0 Å². The van der Waals surface area contributed by atoms with Gasteiger partial charge in [-0.1, -0.05) is 0 Å². The molecule has 0 spiro atoms. The molecule has 1 N–H and O–H groups in total.